The predicted molar refractivity (Wildman–Crippen MR) is 98.6 cm³/mol. The number of H-pyrrole nitrogens is 1. The van der Waals surface area contributed by atoms with Crippen molar-refractivity contribution in [2.45, 2.75) is 18.9 Å². The number of hydrogen-bond acceptors (Lipinski definition) is 3. The van der Waals surface area contributed by atoms with Gasteiger partial charge >= 0.3 is 0 Å². The largest absolute Gasteiger partial charge is 0.348 e. The molecule has 3 rings (SSSR count). The SMILES string of the molecule is NC(Cc1cnc[nH]1)C(=O)Cc1ccc(-c2ccc(Br)cc2)cc1. The number of nitrogens with zero attached hydrogens (tertiary/aromatic N) is 1. The first-order valence-corrected chi connectivity index (χ1v) is 8.51. The second-order valence-electron chi connectivity index (χ2n) is 5.73. The van der Waals surface area contributed by atoms with Gasteiger partial charge in [0.15, 0.2) is 5.78 Å². The number of hydrogen-bond donors (Lipinski definition) is 2. The highest BCUT2D eigenvalue weighted by molar-refractivity contribution is 9.10. The smallest absolute Gasteiger partial charge is 0.154 e. The summed E-state index contributed by atoms with van der Waals surface area (Å²) in [5.41, 5.74) is 10.1. The first kappa shape index (κ1) is 16.6. The van der Waals surface area contributed by atoms with Gasteiger partial charge in [0.05, 0.1) is 12.4 Å². The molecule has 0 aliphatic carbocycles. The fraction of sp³-hybridized carbons (Fsp3) is 0.158. The molecule has 1 heterocycles. The van der Waals surface area contributed by atoms with Gasteiger partial charge < -0.3 is 10.7 Å². The summed E-state index contributed by atoms with van der Waals surface area (Å²) in [6, 6.07) is 15.7. The minimum absolute atomic E-state index is 0.0287. The number of rotatable bonds is 6. The van der Waals surface area contributed by atoms with Crippen molar-refractivity contribution >= 4 is 21.7 Å². The van der Waals surface area contributed by atoms with Crippen LogP contribution in [0.25, 0.3) is 11.1 Å². The average molecular weight is 384 g/mol. The molecule has 3 aromatic rings. The molecule has 0 saturated heterocycles. The summed E-state index contributed by atoms with van der Waals surface area (Å²) < 4.78 is 1.06. The van der Waals surface area contributed by atoms with E-state index in [-0.39, 0.29) is 5.78 Å². The fourth-order valence-electron chi connectivity index (χ4n) is 2.54. The number of Topliss-reactive ketones (excluding diaryl/α,β-unsaturated/α-hetero) is 1. The van der Waals surface area contributed by atoms with Gasteiger partial charge in [-0.2, -0.15) is 0 Å². The van der Waals surface area contributed by atoms with E-state index in [2.05, 4.69) is 38.0 Å². The zero-order valence-electron chi connectivity index (χ0n) is 13.1. The number of benzene rings is 2. The van der Waals surface area contributed by atoms with Crippen LogP contribution in [0.4, 0.5) is 0 Å². The number of aromatic nitrogens is 2. The summed E-state index contributed by atoms with van der Waals surface area (Å²) in [5, 5.41) is 0. The third kappa shape index (κ3) is 4.19. The number of nitrogens with one attached hydrogen (secondary N) is 1. The molecule has 1 aromatic heterocycles. The number of ketones is 1. The molecule has 4 nitrogen and oxygen atoms in total. The van der Waals surface area contributed by atoms with Crippen molar-refractivity contribution < 1.29 is 4.79 Å². The first-order chi connectivity index (χ1) is 11.6. The molecule has 0 spiro atoms. The molecule has 5 heteroatoms. The molecule has 0 aliphatic heterocycles. The summed E-state index contributed by atoms with van der Waals surface area (Å²) in [7, 11) is 0. The number of carbonyl (C=O) groups excluding carboxylic acids is 1. The Balaban J connectivity index is 1.63. The summed E-state index contributed by atoms with van der Waals surface area (Å²) in [6.45, 7) is 0. The van der Waals surface area contributed by atoms with Crippen LogP contribution in [0.1, 0.15) is 11.3 Å². The Labute approximate surface area is 149 Å². The van der Waals surface area contributed by atoms with Gasteiger partial charge in [0, 0.05) is 29.2 Å². The van der Waals surface area contributed by atoms with Crippen molar-refractivity contribution in [2.24, 2.45) is 5.73 Å². The van der Waals surface area contributed by atoms with E-state index in [1.165, 1.54) is 0 Å². The van der Waals surface area contributed by atoms with Crippen molar-refractivity contribution in [3.8, 4) is 11.1 Å². The molecule has 1 atom stereocenters. The predicted octanol–water partition coefficient (Wildman–Crippen LogP) is 3.52. The summed E-state index contributed by atoms with van der Waals surface area (Å²) in [6.07, 6.45) is 4.11. The number of aromatic amines is 1. The quantitative estimate of drug-likeness (QED) is 0.683. The van der Waals surface area contributed by atoms with Gasteiger partial charge in [-0.3, -0.25) is 4.79 Å². The van der Waals surface area contributed by atoms with Crippen LogP contribution in [0.2, 0.25) is 0 Å². The zero-order chi connectivity index (χ0) is 16.9. The van der Waals surface area contributed by atoms with Crippen molar-refractivity contribution in [2.75, 3.05) is 0 Å². The molecule has 24 heavy (non-hydrogen) atoms. The third-order valence-corrected chi connectivity index (χ3v) is 4.45. The Morgan fingerprint density at radius 1 is 1.08 bits per heavy atom. The van der Waals surface area contributed by atoms with E-state index >= 15 is 0 Å². The minimum Gasteiger partial charge on any atom is -0.348 e. The van der Waals surface area contributed by atoms with Gasteiger partial charge in [0.2, 0.25) is 0 Å². The second-order valence-corrected chi connectivity index (χ2v) is 6.65. The number of nitrogens with two attached hydrogens (primary N) is 1. The molecule has 2 aromatic carbocycles. The van der Waals surface area contributed by atoms with E-state index in [0.29, 0.717) is 12.8 Å². The Hall–Kier alpha value is -2.24. The van der Waals surface area contributed by atoms with Crippen molar-refractivity contribution in [1.29, 1.82) is 0 Å². The van der Waals surface area contributed by atoms with Crippen molar-refractivity contribution in [3.05, 3.63) is 76.8 Å². The molecule has 0 amide bonds. The third-order valence-electron chi connectivity index (χ3n) is 3.92. The van der Waals surface area contributed by atoms with Crippen LogP contribution < -0.4 is 5.73 Å². The zero-order valence-corrected chi connectivity index (χ0v) is 14.7. The van der Waals surface area contributed by atoms with Crippen LogP contribution in [0.15, 0.2) is 65.5 Å². The molecule has 0 aliphatic rings. The Bertz CT molecular complexity index is 796. The monoisotopic (exact) mass is 383 g/mol. The van der Waals surface area contributed by atoms with Crippen LogP contribution >= 0.6 is 15.9 Å². The summed E-state index contributed by atoms with van der Waals surface area (Å²) in [5.74, 6) is 0.0287. The van der Waals surface area contributed by atoms with E-state index in [4.69, 9.17) is 5.73 Å². The van der Waals surface area contributed by atoms with E-state index in [0.717, 1.165) is 26.9 Å². The standard InChI is InChI=1S/C19H18BrN3O/c20-16-7-5-15(6-8-16)14-3-1-13(2-4-14)9-19(24)18(21)10-17-11-22-12-23-17/h1-8,11-12,18H,9-10,21H2,(H,22,23). The van der Waals surface area contributed by atoms with Crippen LogP contribution in [0, 0.1) is 0 Å². The lowest BCUT2D eigenvalue weighted by Gasteiger charge is -2.10. The van der Waals surface area contributed by atoms with Gasteiger partial charge in [-0.1, -0.05) is 52.3 Å². The number of carbonyl (C=O) groups is 1. The maximum Gasteiger partial charge on any atom is 0.154 e. The minimum atomic E-state index is -0.517. The molecular formula is C19H18BrN3O. The summed E-state index contributed by atoms with van der Waals surface area (Å²) >= 11 is 3.44. The van der Waals surface area contributed by atoms with Gasteiger partial charge in [0.1, 0.15) is 0 Å². The van der Waals surface area contributed by atoms with E-state index in [9.17, 15) is 4.79 Å². The van der Waals surface area contributed by atoms with E-state index in [1.54, 1.807) is 12.5 Å². The lowest BCUT2D eigenvalue weighted by Crippen LogP contribution is -2.34. The maximum absolute atomic E-state index is 12.3. The normalized spacial score (nSPS) is 12.1. The lowest BCUT2D eigenvalue weighted by atomic mass is 9.98. The van der Waals surface area contributed by atoms with E-state index < -0.39 is 6.04 Å². The molecule has 0 radical (unpaired) electrons. The lowest BCUT2D eigenvalue weighted by molar-refractivity contribution is -0.119. The van der Waals surface area contributed by atoms with Crippen molar-refractivity contribution in [1.82, 2.24) is 9.97 Å². The molecule has 0 fully saturated rings. The van der Waals surface area contributed by atoms with E-state index in [1.807, 2.05) is 36.4 Å². The molecule has 0 saturated carbocycles. The Morgan fingerprint density at radius 2 is 1.71 bits per heavy atom. The highest BCUT2D eigenvalue weighted by Gasteiger charge is 2.15. The van der Waals surface area contributed by atoms with Crippen LogP contribution in [0.3, 0.4) is 0 Å². The van der Waals surface area contributed by atoms with Gasteiger partial charge in [-0.05, 0) is 28.8 Å². The molecule has 1 unspecified atom stereocenters. The van der Waals surface area contributed by atoms with Gasteiger partial charge in [-0.25, -0.2) is 4.98 Å². The molecule has 0 bridgehead atoms. The highest BCUT2D eigenvalue weighted by Crippen LogP contribution is 2.22. The Morgan fingerprint density at radius 3 is 2.29 bits per heavy atom. The molecule has 122 valence electrons. The Kier molecular flexibility index (Phi) is 5.23. The van der Waals surface area contributed by atoms with Gasteiger partial charge in [0.25, 0.3) is 0 Å². The number of halogens is 1. The van der Waals surface area contributed by atoms with Gasteiger partial charge in [-0.15, -0.1) is 0 Å². The fourth-order valence-corrected chi connectivity index (χ4v) is 2.80. The molecule has 3 N–H and O–H groups in total. The summed E-state index contributed by atoms with van der Waals surface area (Å²) in [4.78, 5) is 19.2. The van der Waals surface area contributed by atoms with Crippen LogP contribution in [0.5, 0.6) is 0 Å². The highest BCUT2D eigenvalue weighted by atomic mass is 79.9. The topological polar surface area (TPSA) is 71.8 Å². The van der Waals surface area contributed by atoms with Crippen LogP contribution in [-0.2, 0) is 17.6 Å². The van der Waals surface area contributed by atoms with Crippen molar-refractivity contribution in [3.63, 3.8) is 0 Å². The first-order valence-electron chi connectivity index (χ1n) is 7.72. The average Bonchev–Trinajstić information content (AvgIpc) is 3.09. The maximum atomic E-state index is 12.3. The second kappa shape index (κ2) is 7.55. The number of imidazole rings is 1. The molecular weight excluding hydrogens is 366 g/mol. The van der Waals surface area contributed by atoms with Crippen LogP contribution in [-0.4, -0.2) is 21.8 Å².